The van der Waals surface area contributed by atoms with Crippen molar-refractivity contribution in [3.63, 3.8) is 0 Å². The number of fused-ring (bicyclic) bond motifs is 1. The number of hydrogen-bond donors (Lipinski definition) is 1. The average Bonchev–Trinajstić information content (AvgIpc) is 2.98. The third-order valence-electron chi connectivity index (χ3n) is 8.18. The molecule has 5 rings (SSSR count). The molecule has 2 aliphatic heterocycles. The molecule has 1 saturated carbocycles. The van der Waals surface area contributed by atoms with Crippen molar-refractivity contribution >= 4 is 33.0 Å². The van der Waals surface area contributed by atoms with Gasteiger partial charge in [0.15, 0.2) is 0 Å². The molecule has 0 aromatic heterocycles. The summed E-state index contributed by atoms with van der Waals surface area (Å²) in [6.07, 6.45) is 10.4. The van der Waals surface area contributed by atoms with Crippen molar-refractivity contribution in [3.8, 4) is 0 Å². The second-order valence-electron chi connectivity index (χ2n) is 10.8. The molecule has 0 spiro atoms. The fraction of sp³-hybridized carbons (Fsp3) is 0.517. The van der Waals surface area contributed by atoms with Gasteiger partial charge in [0.1, 0.15) is 6.42 Å². The summed E-state index contributed by atoms with van der Waals surface area (Å²) in [5, 5.41) is 2.81. The predicted octanol–water partition coefficient (Wildman–Crippen LogP) is 5.08. The normalized spacial score (nSPS) is 21.1. The van der Waals surface area contributed by atoms with Gasteiger partial charge in [-0.3, -0.25) is 9.59 Å². The van der Waals surface area contributed by atoms with E-state index >= 15 is 0 Å². The predicted molar refractivity (Wildman–Crippen MR) is 145 cm³/mol. The number of hydrogen-bond acceptors (Lipinski definition) is 5. The summed E-state index contributed by atoms with van der Waals surface area (Å²) in [6, 6.07) is 12.0. The lowest BCUT2D eigenvalue weighted by atomic mass is 9.93. The lowest BCUT2D eigenvalue weighted by molar-refractivity contribution is -0.125. The third kappa shape index (κ3) is 5.60. The van der Waals surface area contributed by atoms with Crippen LogP contribution in [0.4, 0.5) is 11.4 Å². The van der Waals surface area contributed by atoms with Gasteiger partial charge in [-0.25, -0.2) is 8.42 Å². The summed E-state index contributed by atoms with van der Waals surface area (Å²) in [7, 11) is -3.77. The van der Waals surface area contributed by atoms with Crippen molar-refractivity contribution in [3.05, 3.63) is 48.0 Å². The van der Waals surface area contributed by atoms with Crippen LogP contribution in [0.2, 0.25) is 0 Å². The molecule has 1 N–H and O–H groups in total. The molecule has 2 aromatic carbocycles. The van der Waals surface area contributed by atoms with Gasteiger partial charge in [0.05, 0.1) is 21.2 Å². The van der Waals surface area contributed by atoms with Crippen LogP contribution in [0.5, 0.6) is 0 Å². The zero-order chi connectivity index (χ0) is 26.0. The van der Waals surface area contributed by atoms with Crippen LogP contribution >= 0.6 is 0 Å². The van der Waals surface area contributed by atoms with Crippen LogP contribution in [0.3, 0.4) is 0 Å². The van der Waals surface area contributed by atoms with Gasteiger partial charge in [0.2, 0.25) is 21.7 Å². The first-order chi connectivity index (χ1) is 17.8. The molecule has 3 aliphatic rings. The van der Waals surface area contributed by atoms with Crippen LogP contribution < -0.4 is 10.2 Å². The van der Waals surface area contributed by atoms with E-state index in [1.165, 1.54) is 51.0 Å². The quantitative estimate of drug-likeness (QED) is 0.565. The highest BCUT2D eigenvalue weighted by molar-refractivity contribution is 7.91. The molecule has 2 heterocycles. The molecular weight excluding hydrogens is 486 g/mol. The molecule has 0 radical (unpaired) electrons. The Morgan fingerprint density at radius 3 is 2.08 bits per heavy atom. The standard InChI is InChI=1S/C29H37N3O4S/c1-21-9-11-24(12-10-21)37(35,36)25-13-14-26-27(19-25)32(29(34)20-28(33)30-26)23-15-17-31(18-16-23)22-7-5-3-2-4-6-8-22/h9-14,19,22-23H,2-8,15-18,20H2,1H3,(H,30,33). The molecule has 0 bridgehead atoms. The van der Waals surface area contributed by atoms with Gasteiger partial charge in [-0.15, -0.1) is 0 Å². The van der Waals surface area contributed by atoms with Gasteiger partial charge in [-0.1, -0.05) is 49.8 Å². The summed E-state index contributed by atoms with van der Waals surface area (Å²) >= 11 is 0. The number of carbonyl (C=O) groups is 2. The molecule has 1 aliphatic carbocycles. The first kappa shape index (κ1) is 25.9. The number of anilines is 2. The zero-order valence-electron chi connectivity index (χ0n) is 21.6. The van der Waals surface area contributed by atoms with Gasteiger partial charge >= 0.3 is 0 Å². The minimum atomic E-state index is -3.77. The lowest BCUT2D eigenvalue weighted by Gasteiger charge is -2.42. The number of nitrogens with one attached hydrogen (secondary N) is 1. The smallest absolute Gasteiger partial charge is 0.236 e. The number of aryl methyl sites for hydroxylation is 1. The largest absolute Gasteiger partial charge is 0.324 e. The maximum Gasteiger partial charge on any atom is 0.236 e. The van der Waals surface area contributed by atoms with E-state index in [9.17, 15) is 18.0 Å². The first-order valence-electron chi connectivity index (χ1n) is 13.6. The Morgan fingerprint density at radius 2 is 1.41 bits per heavy atom. The van der Waals surface area contributed by atoms with Gasteiger partial charge in [-0.2, -0.15) is 0 Å². The average molecular weight is 524 g/mol. The van der Waals surface area contributed by atoms with E-state index in [0.29, 0.717) is 17.4 Å². The Labute approximate surface area is 220 Å². The number of amides is 2. The van der Waals surface area contributed by atoms with Crippen molar-refractivity contribution in [2.75, 3.05) is 23.3 Å². The number of benzene rings is 2. The van der Waals surface area contributed by atoms with Crippen LogP contribution in [0.1, 0.15) is 69.8 Å². The maximum atomic E-state index is 13.4. The Balaban J connectivity index is 1.41. The lowest BCUT2D eigenvalue weighted by Crippen LogP contribution is -2.50. The molecule has 198 valence electrons. The molecule has 2 amide bonds. The zero-order valence-corrected chi connectivity index (χ0v) is 22.4. The van der Waals surface area contributed by atoms with E-state index < -0.39 is 9.84 Å². The fourth-order valence-electron chi connectivity index (χ4n) is 6.10. The maximum absolute atomic E-state index is 13.4. The number of nitrogens with zero attached hydrogens (tertiary/aromatic N) is 2. The molecule has 7 nitrogen and oxygen atoms in total. The van der Waals surface area contributed by atoms with Gasteiger partial charge in [0, 0.05) is 25.2 Å². The van der Waals surface area contributed by atoms with E-state index in [0.717, 1.165) is 31.5 Å². The second-order valence-corrected chi connectivity index (χ2v) is 12.7. The fourth-order valence-corrected chi connectivity index (χ4v) is 7.38. The molecule has 37 heavy (non-hydrogen) atoms. The monoisotopic (exact) mass is 523 g/mol. The summed E-state index contributed by atoms with van der Waals surface area (Å²) in [6.45, 7) is 3.74. The SMILES string of the molecule is Cc1ccc(S(=O)(=O)c2ccc3c(c2)N(C2CCN(C4CCCCCCC4)CC2)C(=O)CC(=O)N3)cc1. The Kier molecular flexibility index (Phi) is 7.67. The van der Waals surface area contributed by atoms with Gasteiger partial charge < -0.3 is 15.1 Å². The third-order valence-corrected chi connectivity index (χ3v) is 9.95. The molecular formula is C29H37N3O4S. The van der Waals surface area contributed by atoms with Crippen LogP contribution in [-0.2, 0) is 19.4 Å². The summed E-state index contributed by atoms with van der Waals surface area (Å²) in [5.74, 6) is -0.639. The van der Waals surface area contributed by atoms with Crippen LogP contribution in [-0.4, -0.2) is 50.3 Å². The number of carbonyl (C=O) groups excluding carboxylic acids is 2. The van der Waals surface area contributed by atoms with Crippen LogP contribution in [0.15, 0.2) is 52.3 Å². The van der Waals surface area contributed by atoms with Crippen molar-refractivity contribution in [1.82, 2.24) is 4.90 Å². The minimum Gasteiger partial charge on any atom is -0.324 e. The molecule has 1 saturated heterocycles. The Bertz CT molecular complexity index is 1240. The molecule has 8 heteroatoms. The Morgan fingerprint density at radius 1 is 0.784 bits per heavy atom. The molecule has 2 fully saturated rings. The van der Waals surface area contributed by atoms with E-state index in [1.54, 1.807) is 41.3 Å². The molecule has 0 unspecified atom stereocenters. The first-order valence-corrected chi connectivity index (χ1v) is 15.1. The number of sulfone groups is 1. The van der Waals surface area contributed by atoms with Crippen molar-refractivity contribution in [1.29, 1.82) is 0 Å². The number of piperidine rings is 1. The highest BCUT2D eigenvalue weighted by atomic mass is 32.2. The summed E-state index contributed by atoms with van der Waals surface area (Å²) in [4.78, 5) is 30.4. The van der Waals surface area contributed by atoms with E-state index in [4.69, 9.17) is 0 Å². The van der Waals surface area contributed by atoms with E-state index in [-0.39, 0.29) is 34.1 Å². The van der Waals surface area contributed by atoms with E-state index in [2.05, 4.69) is 10.2 Å². The Hall–Kier alpha value is -2.71. The highest BCUT2D eigenvalue weighted by Crippen LogP contribution is 2.37. The molecule has 0 atom stereocenters. The summed E-state index contributed by atoms with van der Waals surface area (Å²) in [5.41, 5.74) is 1.95. The van der Waals surface area contributed by atoms with E-state index in [1.807, 2.05) is 6.92 Å². The second kappa shape index (κ2) is 11.0. The highest BCUT2D eigenvalue weighted by Gasteiger charge is 2.36. The topological polar surface area (TPSA) is 86.8 Å². The van der Waals surface area contributed by atoms with Crippen molar-refractivity contribution in [2.45, 2.75) is 93.0 Å². The van der Waals surface area contributed by atoms with Crippen LogP contribution in [0.25, 0.3) is 0 Å². The minimum absolute atomic E-state index is 0.0684. The summed E-state index contributed by atoms with van der Waals surface area (Å²) < 4.78 is 26.8. The van der Waals surface area contributed by atoms with Crippen LogP contribution in [0, 0.1) is 6.92 Å². The number of likely N-dealkylation sites (tertiary alicyclic amines) is 1. The van der Waals surface area contributed by atoms with Crippen molar-refractivity contribution < 1.29 is 18.0 Å². The number of rotatable bonds is 4. The molecule has 2 aromatic rings. The van der Waals surface area contributed by atoms with Crippen molar-refractivity contribution in [2.24, 2.45) is 0 Å². The van der Waals surface area contributed by atoms with Gasteiger partial charge in [0.25, 0.3) is 0 Å². The van der Waals surface area contributed by atoms with Gasteiger partial charge in [-0.05, 0) is 62.9 Å².